The zero-order valence-corrected chi connectivity index (χ0v) is 13.6. The molecule has 0 bridgehead atoms. The van der Waals surface area contributed by atoms with Crippen LogP contribution in [0.3, 0.4) is 0 Å². The average molecular weight is 329 g/mol. The fourth-order valence-electron chi connectivity index (χ4n) is 2.92. The number of nitrogens with zero attached hydrogens (tertiary/aromatic N) is 2. The number of carbonyl (C=O) groups is 1. The number of aryl methyl sites for hydroxylation is 1. The van der Waals surface area contributed by atoms with Crippen LogP contribution in [0.15, 0.2) is 71.5 Å². The topological polar surface area (TPSA) is 64.0 Å². The summed E-state index contributed by atoms with van der Waals surface area (Å²) in [7, 11) is 1.54. The zero-order chi connectivity index (χ0) is 17.4. The molecule has 4 aromatic rings. The van der Waals surface area contributed by atoms with E-state index in [-0.39, 0.29) is 17.2 Å². The molecule has 5 heteroatoms. The second-order valence-corrected chi connectivity index (χ2v) is 5.84. The van der Waals surface area contributed by atoms with Crippen molar-refractivity contribution in [3.05, 3.63) is 82.8 Å². The van der Waals surface area contributed by atoms with E-state index >= 15 is 0 Å². The summed E-state index contributed by atoms with van der Waals surface area (Å²) in [6, 6.07) is 20.7. The Kier molecular flexibility index (Phi) is 3.54. The lowest BCUT2D eigenvalue weighted by molar-refractivity contribution is 0.102. The summed E-state index contributed by atoms with van der Waals surface area (Å²) in [5.41, 5.74) is 0.687. The van der Waals surface area contributed by atoms with Crippen LogP contribution in [0.25, 0.3) is 21.5 Å². The Hall–Kier alpha value is -3.47. The fraction of sp³-hybridized carbons (Fsp3) is 0.0500. The summed E-state index contributed by atoms with van der Waals surface area (Å²) in [5.74, 6) is -0.345. The number of hydrogen-bond acceptors (Lipinski definition) is 3. The first-order valence-corrected chi connectivity index (χ1v) is 7.90. The van der Waals surface area contributed by atoms with Crippen LogP contribution in [-0.2, 0) is 7.05 Å². The van der Waals surface area contributed by atoms with Crippen LogP contribution < -0.4 is 10.9 Å². The number of amides is 1. The molecule has 1 N–H and O–H groups in total. The van der Waals surface area contributed by atoms with Crippen LogP contribution in [0.5, 0.6) is 0 Å². The number of nitrogens with one attached hydrogen (secondary N) is 1. The molecule has 1 heterocycles. The first kappa shape index (κ1) is 15.1. The molecule has 122 valence electrons. The van der Waals surface area contributed by atoms with Gasteiger partial charge in [0.1, 0.15) is 0 Å². The Morgan fingerprint density at radius 3 is 2.40 bits per heavy atom. The first-order chi connectivity index (χ1) is 12.1. The van der Waals surface area contributed by atoms with Crippen LogP contribution >= 0.6 is 0 Å². The molecule has 0 radical (unpaired) electrons. The lowest BCUT2D eigenvalue weighted by atomic mass is 10.1. The van der Waals surface area contributed by atoms with Gasteiger partial charge >= 0.3 is 0 Å². The Morgan fingerprint density at radius 2 is 1.60 bits per heavy atom. The first-order valence-electron chi connectivity index (χ1n) is 7.90. The molecule has 0 saturated carbocycles. The molecular weight excluding hydrogens is 314 g/mol. The molecule has 1 amide bonds. The van der Waals surface area contributed by atoms with Gasteiger partial charge in [-0.1, -0.05) is 48.5 Å². The van der Waals surface area contributed by atoms with Gasteiger partial charge in [0.2, 0.25) is 0 Å². The third-order valence-electron chi connectivity index (χ3n) is 4.18. The Bertz CT molecular complexity index is 1180. The molecule has 5 nitrogen and oxygen atoms in total. The van der Waals surface area contributed by atoms with Crippen molar-refractivity contribution in [1.82, 2.24) is 9.78 Å². The van der Waals surface area contributed by atoms with Crippen molar-refractivity contribution >= 4 is 33.1 Å². The lowest BCUT2D eigenvalue weighted by Gasteiger charge is -2.09. The molecule has 0 unspecified atom stereocenters. The van der Waals surface area contributed by atoms with Crippen LogP contribution in [0.1, 0.15) is 10.5 Å². The number of anilines is 1. The second-order valence-electron chi connectivity index (χ2n) is 5.84. The minimum atomic E-state index is -0.345. The van der Waals surface area contributed by atoms with Crippen molar-refractivity contribution in [2.24, 2.45) is 7.05 Å². The van der Waals surface area contributed by atoms with Crippen LogP contribution in [0.2, 0.25) is 0 Å². The van der Waals surface area contributed by atoms with Crippen molar-refractivity contribution < 1.29 is 4.79 Å². The summed E-state index contributed by atoms with van der Waals surface area (Å²) >= 11 is 0. The van der Waals surface area contributed by atoms with Crippen molar-refractivity contribution in [3.8, 4) is 0 Å². The molecule has 0 aliphatic heterocycles. The monoisotopic (exact) mass is 329 g/mol. The molecule has 0 atom stereocenters. The minimum Gasteiger partial charge on any atom is -0.321 e. The second kappa shape index (κ2) is 5.87. The van der Waals surface area contributed by atoms with Gasteiger partial charge in [-0.05, 0) is 29.0 Å². The molecule has 0 aliphatic carbocycles. The highest BCUT2D eigenvalue weighted by atomic mass is 16.2. The molecule has 0 fully saturated rings. The highest BCUT2D eigenvalue weighted by Gasteiger charge is 2.15. The molecule has 25 heavy (non-hydrogen) atoms. The largest absolute Gasteiger partial charge is 0.321 e. The highest BCUT2D eigenvalue weighted by molar-refractivity contribution is 6.11. The van der Waals surface area contributed by atoms with Gasteiger partial charge in [0.25, 0.3) is 11.5 Å². The van der Waals surface area contributed by atoms with E-state index in [1.165, 1.54) is 4.68 Å². The van der Waals surface area contributed by atoms with E-state index in [9.17, 15) is 9.59 Å². The van der Waals surface area contributed by atoms with Crippen LogP contribution in [0.4, 0.5) is 5.69 Å². The fourth-order valence-corrected chi connectivity index (χ4v) is 2.92. The van der Waals surface area contributed by atoms with E-state index < -0.39 is 0 Å². The predicted octanol–water partition coefficient (Wildman–Crippen LogP) is 3.34. The van der Waals surface area contributed by atoms with Crippen LogP contribution in [0, 0.1) is 0 Å². The Balaban J connectivity index is 1.77. The minimum absolute atomic E-state index is 0.224. The number of hydrogen-bond donors (Lipinski definition) is 1. The van der Waals surface area contributed by atoms with Gasteiger partial charge < -0.3 is 5.32 Å². The third-order valence-corrected chi connectivity index (χ3v) is 4.18. The van der Waals surface area contributed by atoms with Crippen molar-refractivity contribution in [2.75, 3.05) is 5.32 Å². The van der Waals surface area contributed by atoms with Gasteiger partial charge in [-0.2, -0.15) is 5.10 Å². The van der Waals surface area contributed by atoms with E-state index in [1.54, 1.807) is 31.3 Å². The van der Waals surface area contributed by atoms with Gasteiger partial charge in [-0.25, -0.2) is 4.68 Å². The molecule has 1 aromatic heterocycles. The van der Waals surface area contributed by atoms with Crippen molar-refractivity contribution in [2.45, 2.75) is 0 Å². The zero-order valence-electron chi connectivity index (χ0n) is 13.6. The van der Waals surface area contributed by atoms with Gasteiger partial charge in [0.05, 0.1) is 5.39 Å². The normalized spacial score (nSPS) is 10.9. The highest BCUT2D eigenvalue weighted by Crippen LogP contribution is 2.20. The Labute approximate surface area is 143 Å². The van der Waals surface area contributed by atoms with Gasteiger partial charge in [-0.3, -0.25) is 9.59 Å². The Morgan fingerprint density at radius 1 is 0.920 bits per heavy atom. The maximum Gasteiger partial charge on any atom is 0.276 e. The average Bonchev–Trinajstić information content (AvgIpc) is 2.64. The van der Waals surface area contributed by atoms with E-state index in [1.807, 2.05) is 42.5 Å². The van der Waals surface area contributed by atoms with E-state index in [0.717, 1.165) is 10.8 Å². The smallest absolute Gasteiger partial charge is 0.276 e. The number of rotatable bonds is 2. The number of fused-ring (bicyclic) bond motifs is 2. The quantitative estimate of drug-likeness (QED) is 0.613. The van der Waals surface area contributed by atoms with Crippen molar-refractivity contribution in [1.29, 1.82) is 0 Å². The number of carbonyl (C=O) groups excluding carboxylic acids is 1. The SMILES string of the molecule is Cn1nc(C(=O)Nc2ccc3ccccc3c2)c2ccccc2c1=O. The predicted molar refractivity (Wildman–Crippen MR) is 98.9 cm³/mol. The van der Waals surface area contributed by atoms with Gasteiger partial charge in [0.15, 0.2) is 5.69 Å². The summed E-state index contributed by atoms with van der Waals surface area (Å²) in [5, 5.41) is 10.2. The maximum atomic E-state index is 12.7. The van der Waals surface area contributed by atoms with Crippen LogP contribution in [-0.4, -0.2) is 15.7 Å². The number of benzene rings is 3. The standard InChI is InChI=1S/C20H15N3O2/c1-23-20(25)17-9-5-4-8-16(17)18(22-23)19(24)21-15-11-10-13-6-2-3-7-14(13)12-15/h2-12H,1H3,(H,21,24). The maximum absolute atomic E-state index is 12.7. The molecule has 0 spiro atoms. The summed E-state index contributed by atoms with van der Waals surface area (Å²) in [6.45, 7) is 0. The van der Waals surface area contributed by atoms with E-state index in [0.29, 0.717) is 16.5 Å². The third kappa shape index (κ3) is 2.65. The lowest BCUT2D eigenvalue weighted by Crippen LogP contribution is -2.25. The summed E-state index contributed by atoms with van der Waals surface area (Å²) in [4.78, 5) is 24.9. The van der Waals surface area contributed by atoms with E-state index in [4.69, 9.17) is 0 Å². The molecule has 0 aliphatic rings. The molecule has 4 rings (SSSR count). The number of aromatic nitrogens is 2. The van der Waals surface area contributed by atoms with Crippen molar-refractivity contribution in [3.63, 3.8) is 0 Å². The molecule has 3 aromatic carbocycles. The molecule has 0 saturated heterocycles. The van der Waals surface area contributed by atoms with Gasteiger partial charge in [0, 0.05) is 18.1 Å². The van der Waals surface area contributed by atoms with E-state index in [2.05, 4.69) is 10.4 Å². The molecular formula is C20H15N3O2. The summed E-state index contributed by atoms with van der Waals surface area (Å²) in [6.07, 6.45) is 0. The summed E-state index contributed by atoms with van der Waals surface area (Å²) < 4.78 is 1.19. The van der Waals surface area contributed by atoms with Gasteiger partial charge in [-0.15, -0.1) is 0 Å².